The Hall–Kier alpha value is -2.09. The van der Waals surface area contributed by atoms with E-state index in [0.29, 0.717) is 23.2 Å². The minimum Gasteiger partial charge on any atom is -0.434 e. The lowest BCUT2D eigenvalue weighted by Gasteiger charge is -2.13. The number of methoxy groups -OCH3 is 1. The molecule has 0 fully saturated rings. The molecular formula is C16H17BrF2N2O4. The van der Waals surface area contributed by atoms with Gasteiger partial charge in [-0.05, 0) is 30.7 Å². The van der Waals surface area contributed by atoms with Crippen LogP contribution in [0.1, 0.15) is 12.6 Å². The van der Waals surface area contributed by atoms with Crippen molar-refractivity contribution in [3.05, 3.63) is 34.4 Å². The summed E-state index contributed by atoms with van der Waals surface area (Å²) >= 11 is 3.27. The number of rotatable bonds is 7. The van der Waals surface area contributed by atoms with Gasteiger partial charge >= 0.3 is 12.8 Å². The first-order chi connectivity index (χ1) is 12.0. The van der Waals surface area contributed by atoms with Crippen molar-refractivity contribution in [2.45, 2.75) is 26.5 Å². The van der Waals surface area contributed by atoms with Crippen LogP contribution in [0.15, 0.2) is 28.7 Å². The molecule has 2 rings (SSSR count). The highest BCUT2D eigenvalue weighted by atomic mass is 79.9. The van der Waals surface area contributed by atoms with E-state index in [9.17, 15) is 8.78 Å². The molecule has 0 unspecified atom stereocenters. The van der Waals surface area contributed by atoms with Crippen LogP contribution in [0.25, 0.3) is 11.3 Å². The van der Waals surface area contributed by atoms with Crippen LogP contribution < -0.4 is 4.74 Å². The molecule has 0 saturated heterocycles. The number of benzene rings is 1. The molecule has 1 aromatic heterocycles. The first-order valence-corrected chi connectivity index (χ1v) is 8.05. The van der Waals surface area contributed by atoms with Gasteiger partial charge in [-0.2, -0.15) is 23.5 Å². The van der Waals surface area contributed by atoms with E-state index in [1.807, 2.05) is 13.0 Å². The zero-order valence-electron chi connectivity index (χ0n) is 13.7. The molecule has 0 bridgehead atoms. The van der Waals surface area contributed by atoms with Gasteiger partial charge in [0.2, 0.25) is 0 Å². The van der Waals surface area contributed by atoms with E-state index >= 15 is 0 Å². The third-order valence-electron chi connectivity index (χ3n) is 3.14. The highest BCUT2D eigenvalue weighted by Gasteiger charge is 2.16. The molecule has 1 aromatic carbocycles. The van der Waals surface area contributed by atoms with Crippen molar-refractivity contribution < 1.29 is 27.8 Å². The monoisotopic (exact) mass is 418 g/mol. The van der Waals surface area contributed by atoms with Crippen molar-refractivity contribution in [1.82, 2.24) is 9.78 Å². The average Bonchev–Trinajstić information content (AvgIpc) is 2.96. The van der Waals surface area contributed by atoms with E-state index < -0.39 is 6.61 Å². The third kappa shape index (κ3) is 6.38. The van der Waals surface area contributed by atoms with E-state index in [-0.39, 0.29) is 11.9 Å². The van der Waals surface area contributed by atoms with Gasteiger partial charge in [-0.25, -0.2) is 0 Å². The molecule has 9 heteroatoms. The predicted octanol–water partition coefficient (Wildman–Crippen LogP) is 3.54. The van der Waals surface area contributed by atoms with Gasteiger partial charge in [0.25, 0.3) is 0 Å². The maximum Gasteiger partial charge on any atom is 0.387 e. The molecule has 0 aliphatic heterocycles. The van der Waals surface area contributed by atoms with Gasteiger partial charge in [0, 0.05) is 17.1 Å². The molecule has 0 N–H and O–H groups in total. The SMILES string of the molecule is CCc1cc(-c2ccc(Br)cc2OC(F)F)n(CCOC)n1.O=C=O. The summed E-state index contributed by atoms with van der Waals surface area (Å²) in [5, 5.41) is 4.47. The first kappa shape index (κ1) is 21.0. The normalized spacial score (nSPS) is 10.2. The summed E-state index contributed by atoms with van der Waals surface area (Å²) in [6.07, 6.45) is 1.01. The molecule has 2 aromatic rings. The topological polar surface area (TPSA) is 70.4 Å². The number of alkyl halides is 2. The largest absolute Gasteiger partial charge is 0.434 e. The van der Waals surface area contributed by atoms with Crippen LogP contribution in [-0.4, -0.2) is 36.3 Å². The summed E-state index contributed by atoms with van der Waals surface area (Å²) in [4.78, 5) is 16.2. The molecule has 6 nitrogen and oxygen atoms in total. The van der Waals surface area contributed by atoms with Crippen molar-refractivity contribution in [2.75, 3.05) is 13.7 Å². The molecule has 1 heterocycles. The molecule has 0 spiro atoms. The average molecular weight is 419 g/mol. The second-order valence-electron chi connectivity index (χ2n) is 4.69. The molecule has 0 saturated carbocycles. The van der Waals surface area contributed by atoms with Crippen LogP contribution >= 0.6 is 15.9 Å². The van der Waals surface area contributed by atoms with Gasteiger partial charge in [-0.15, -0.1) is 0 Å². The highest BCUT2D eigenvalue weighted by molar-refractivity contribution is 9.10. The van der Waals surface area contributed by atoms with E-state index in [1.165, 1.54) is 6.07 Å². The lowest BCUT2D eigenvalue weighted by molar-refractivity contribution is -0.191. The van der Waals surface area contributed by atoms with Gasteiger partial charge in [-0.3, -0.25) is 4.68 Å². The Labute approximate surface area is 151 Å². The van der Waals surface area contributed by atoms with Crippen molar-refractivity contribution in [3.63, 3.8) is 0 Å². The highest BCUT2D eigenvalue weighted by Crippen LogP contribution is 2.34. The van der Waals surface area contributed by atoms with E-state index in [1.54, 1.807) is 23.9 Å². The van der Waals surface area contributed by atoms with Crippen LogP contribution in [-0.2, 0) is 27.3 Å². The molecule has 136 valence electrons. The summed E-state index contributed by atoms with van der Waals surface area (Å²) in [6, 6.07) is 6.94. The quantitative estimate of drug-likeness (QED) is 0.687. The zero-order valence-corrected chi connectivity index (χ0v) is 15.3. The Kier molecular flexibility index (Phi) is 8.98. The molecular weight excluding hydrogens is 402 g/mol. The lowest BCUT2D eigenvalue weighted by atomic mass is 10.1. The zero-order chi connectivity index (χ0) is 18.8. The van der Waals surface area contributed by atoms with Crippen molar-refractivity contribution in [1.29, 1.82) is 0 Å². The molecule has 0 aliphatic rings. The fourth-order valence-electron chi connectivity index (χ4n) is 2.11. The Bertz CT molecular complexity index is 716. The van der Waals surface area contributed by atoms with Gasteiger partial charge in [-0.1, -0.05) is 22.9 Å². The van der Waals surface area contributed by atoms with E-state index in [2.05, 4.69) is 25.8 Å². The van der Waals surface area contributed by atoms with E-state index in [4.69, 9.17) is 14.3 Å². The summed E-state index contributed by atoms with van der Waals surface area (Å²) < 4.78 is 37.4. The number of ether oxygens (including phenoxy) is 2. The number of hydrogen-bond donors (Lipinski definition) is 0. The van der Waals surface area contributed by atoms with Gasteiger partial charge in [0.1, 0.15) is 5.75 Å². The summed E-state index contributed by atoms with van der Waals surface area (Å²) in [5.41, 5.74) is 2.20. The summed E-state index contributed by atoms with van der Waals surface area (Å²) in [7, 11) is 1.61. The van der Waals surface area contributed by atoms with Gasteiger partial charge < -0.3 is 9.47 Å². The number of carbonyl (C=O) groups excluding carboxylic acids is 2. The van der Waals surface area contributed by atoms with Gasteiger partial charge in [0.15, 0.2) is 0 Å². The smallest absolute Gasteiger partial charge is 0.387 e. The van der Waals surface area contributed by atoms with Gasteiger partial charge in [0.05, 0.1) is 24.5 Å². The Balaban J connectivity index is 0.000000970. The standard InChI is InChI=1S/C15H17BrF2N2O2.CO2/c1-3-11-9-13(20(19-11)6-7-21-2)12-5-4-10(16)8-14(12)22-15(17)18;2-1-3/h4-5,8-9,15H,3,6-7H2,1-2H3;. The van der Waals surface area contributed by atoms with Crippen LogP contribution in [0.5, 0.6) is 5.75 Å². The number of aromatic nitrogens is 2. The van der Waals surface area contributed by atoms with Crippen molar-refractivity contribution >= 4 is 22.1 Å². The van der Waals surface area contributed by atoms with Crippen LogP contribution in [0.4, 0.5) is 8.78 Å². The summed E-state index contributed by atoms with van der Waals surface area (Å²) in [6.45, 7) is 0.134. The minimum absolute atomic E-state index is 0.116. The Morgan fingerprint density at radius 1 is 1.32 bits per heavy atom. The second kappa shape index (κ2) is 10.7. The molecule has 0 atom stereocenters. The van der Waals surface area contributed by atoms with Crippen LogP contribution in [0, 0.1) is 0 Å². The molecule has 0 aliphatic carbocycles. The van der Waals surface area contributed by atoms with Crippen LogP contribution in [0.3, 0.4) is 0 Å². The fourth-order valence-corrected chi connectivity index (χ4v) is 2.45. The number of nitrogens with zero attached hydrogens (tertiary/aromatic N) is 2. The number of halogens is 3. The predicted molar refractivity (Wildman–Crippen MR) is 88.3 cm³/mol. The van der Waals surface area contributed by atoms with Crippen molar-refractivity contribution in [3.8, 4) is 17.0 Å². The third-order valence-corrected chi connectivity index (χ3v) is 3.63. The number of hydrogen-bond acceptors (Lipinski definition) is 5. The first-order valence-electron chi connectivity index (χ1n) is 7.26. The van der Waals surface area contributed by atoms with Crippen LogP contribution in [0.2, 0.25) is 0 Å². The lowest BCUT2D eigenvalue weighted by Crippen LogP contribution is -2.09. The summed E-state index contributed by atoms with van der Waals surface area (Å²) in [5.74, 6) is 0.116. The fraction of sp³-hybridized carbons (Fsp3) is 0.375. The Morgan fingerprint density at radius 2 is 2.00 bits per heavy atom. The Morgan fingerprint density at radius 3 is 2.56 bits per heavy atom. The molecule has 25 heavy (non-hydrogen) atoms. The maximum atomic E-state index is 12.6. The molecule has 0 amide bonds. The maximum absolute atomic E-state index is 12.6. The number of aryl methyl sites for hydroxylation is 1. The minimum atomic E-state index is -2.88. The van der Waals surface area contributed by atoms with E-state index in [0.717, 1.165) is 17.8 Å². The molecule has 0 radical (unpaired) electrons. The second-order valence-corrected chi connectivity index (χ2v) is 5.61. The van der Waals surface area contributed by atoms with Crippen molar-refractivity contribution in [2.24, 2.45) is 0 Å².